The molecule has 4 aromatic heterocycles. The van der Waals surface area contributed by atoms with Crippen LogP contribution in [0.4, 0.5) is 23.1 Å². The summed E-state index contributed by atoms with van der Waals surface area (Å²) in [6.07, 6.45) is 3.54. The van der Waals surface area contributed by atoms with Crippen molar-refractivity contribution in [1.82, 2.24) is 29.9 Å². The lowest BCUT2D eigenvalue weighted by molar-refractivity contribution is 0.0985. The molecule has 6 rings (SSSR count). The Morgan fingerprint density at radius 1 is 1.03 bits per heavy atom. The van der Waals surface area contributed by atoms with E-state index in [1.165, 1.54) is 0 Å². The molecule has 0 aromatic carbocycles. The number of nitrogens with zero attached hydrogens (tertiary/aromatic N) is 8. The molecule has 0 spiro atoms. The molecule has 6 heterocycles. The number of morpholine rings is 1. The first kappa shape index (κ1) is 20.7. The number of nitrogens with two attached hydrogens (primary N) is 1. The van der Waals surface area contributed by atoms with Crippen molar-refractivity contribution in [2.45, 2.75) is 13.0 Å². The first-order valence-electron chi connectivity index (χ1n) is 11.6. The predicted molar refractivity (Wildman–Crippen MR) is 132 cm³/mol. The maximum Gasteiger partial charge on any atom is 0.171 e. The van der Waals surface area contributed by atoms with E-state index in [9.17, 15) is 0 Å². The second kappa shape index (κ2) is 8.49. The predicted octanol–water partition coefficient (Wildman–Crippen LogP) is 1.67. The summed E-state index contributed by atoms with van der Waals surface area (Å²) >= 11 is 0. The van der Waals surface area contributed by atoms with E-state index >= 15 is 0 Å². The van der Waals surface area contributed by atoms with Gasteiger partial charge in [-0.25, -0.2) is 9.97 Å². The van der Waals surface area contributed by atoms with E-state index in [0.717, 1.165) is 66.9 Å². The molecule has 0 saturated carbocycles. The Morgan fingerprint density at radius 3 is 2.62 bits per heavy atom. The van der Waals surface area contributed by atoms with E-state index in [1.807, 2.05) is 24.4 Å². The minimum absolute atomic E-state index is 0.230. The third-order valence-electron chi connectivity index (χ3n) is 6.60. The number of anilines is 4. The number of fused-ring (bicyclic) bond motifs is 1. The van der Waals surface area contributed by atoms with E-state index in [0.29, 0.717) is 19.0 Å². The Bertz CT molecular complexity index is 1260. The third-order valence-corrected chi connectivity index (χ3v) is 6.60. The van der Waals surface area contributed by atoms with Gasteiger partial charge in [0, 0.05) is 51.1 Å². The summed E-state index contributed by atoms with van der Waals surface area (Å²) in [5.41, 5.74) is 8.26. The van der Waals surface area contributed by atoms with Gasteiger partial charge in [0.05, 0.1) is 36.5 Å². The van der Waals surface area contributed by atoms with Crippen LogP contribution in [0.2, 0.25) is 0 Å². The molecule has 2 aliphatic heterocycles. The zero-order valence-corrected chi connectivity index (χ0v) is 19.1. The highest BCUT2D eigenvalue weighted by Crippen LogP contribution is 2.36. The summed E-state index contributed by atoms with van der Waals surface area (Å²) < 4.78 is 7.42. The molecular weight excluding hydrogens is 432 g/mol. The second-order valence-corrected chi connectivity index (χ2v) is 8.72. The standard InChI is InChI=1S/C23H28N10O/c1-16-15-34-13-12-32(16)20-14-17(30-8-10-31(11-9-30)18-4-2-3-6-25-18)21-22(24)29-33(23(21)27-20)19-5-7-26-28-19/h2-7,14,16H,8-13,15H2,1H3,(H2,24,29)(H,26,28). The summed E-state index contributed by atoms with van der Waals surface area (Å²) in [7, 11) is 0. The molecule has 3 N–H and O–H groups in total. The van der Waals surface area contributed by atoms with E-state index in [4.69, 9.17) is 15.5 Å². The van der Waals surface area contributed by atoms with Gasteiger partial charge in [0.25, 0.3) is 0 Å². The van der Waals surface area contributed by atoms with Gasteiger partial charge >= 0.3 is 0 Å². The molecule has 0 bridgehead atoms. The Kier molecular flexibility index (Phi) is 5.17. The van der Waals surface area contributed by atoms with Crippen LogP contribution >= 0.6 is 0 Å². The van der Waals surface area contributed by atoms with Crippen LogP contribution in [-0.4, -0.2) is 81.9 Å². The van der Waals surface area contributed by atoms with Gasteiger partial charge in [-0.3, -0.25) is 5.10 Å². The quantitative estimate of drug-likeness (QED) is 0.469. The van der Waals surface area contributed by atoms with Crippen molar-refractivity contribution in [2.75, 3.05) is 66.4 Å². The van der Waals surface area contributed by atoms with Gasteiger partial charge in [-0.15, -0.1) is 5.10 Å². The molecule has 2 saturated heterocycles. The van der Waals surface area contributed by atoms with Crippen LogP contribution in [-0.2, 0) is 4.74 Å². The first-order chi connectivity index (χ1) is 16.7. The fourth-order valence-corrected chi connectivity index (χ4v) is 4.83. The number of aromatic nitrogens is 6. The molecule has 4 aromatic rings. The van der Waals surface area contributed by atoms with Crippen molar-refractivity contribution >= 4 is 34.2 Å². The van der Waals surface area contributed by atoms with Gasteiger partial charge in [0.2, 0.25) is 0 Å². The number of H-pyrrole nitrogens is 1. The molecule has 11 nitrogen and oxygen atoms in total. The zero-order valence-electron chi connectivity index (χ0n) is 19.1. The highest BCUT2D eigenvalue weighted by Gasteiger charge is 2.27. The Hall–Kier alpha value is -3.86. The maximum absolute atomic E-state index is 6.48. The summed E-state index contributed by atoms with van der Waals surface area (Å²) in [4.78, 5) is 16.6. The smallest absolute Gasteiger partial charge is 0.171 e. The van der Waals surface area contributed by atoms with Gasteiger partial charge < -0.3 is 25.2 Å². The topological polar surface area (TPSA) is 117 Å². The molecule has 0 amide bonds. The fourth-order valence-electron chi connectivity index (χ4n) is 4.83. The monoisotopic (exact) mass is 460 g/mol. The van der Waals surface area contributed by atoms with Gasteiger partial charge in [-0.05, 0) is 19.1 Å². The van der Waals surface area contributed by atoms with E-state index in [-0.39, 0.29) is 6.04 Å². The molecule has 2 fully saturated rings. The van der Waals surface area contributed by atoms with Crippen molar-refractivity contribution in [1.29, 1.82) is 0 Å². The van der Waals surface area contributed by atoms with Crippen LogP contribution < -0.4 is 20.4 Å². The SMILES string of the molecule is CC1COCCN1c1cc(N2CCN(c3ccccn3)CC2)c2c(N)nn(-c3ccn[nH]3)c2n1. The number of hydrogen-bond donors (Lipinski definition) is 2. The minimum atomic E-state index is 0.230. The normalized spacial score (nSPS) is 19.2. The van der Waals surface area contributed by atoms with Crippen LogP contribution in [0.1, 0.15) is 6.92 Å². The molecule has 2 aliphatic rings. The molecule has 176 valence electrons. The summed E-state index contributed by atoms with van der Waals surface area (Å²) in [5, 5.41) is 12.6. The van der Waals surface area contributed by atoms with Crippen molar-refractivity contribution in [3.63, 3.8) is 0 Å². The van der Waals surface area contributed by atoms with Gasteiger partial charge in [-0.2, -0.15) is 9.78 Å². The Balaban J connectivity index is 1.41. The van der Waals surface area contributed by atoms with Crippen molar-refractivity contribution < 1.29 is 4.74 Å². The highest BCUT2D eigenvalue weighted by atomic mass is 16.5. The average Bonchev–Trinajstić information content (AvgIpc) is 3.53. The lowest BCUT2D eigenvalue weighted by Crippen LogP contribution is -2.47. The number of nitrogens with one attached hydrogen (secondary N) is 1. The van der Waals surface area contributed by atoms with Gasteiger partial charge in [0.15, 0.2) is 17.3 Å². The summed E-state index contributed by atoms with van der Waals surface area (Å²) in [6.45, 7) is 7.77. The fraction of sp³-hybridized carbons (Fsp3) is 0.391. The average molecular weight is 461 g/mol. The molecule has 1 unspecified atom stereocenters. The minimum Gasteiger partial charge on any atom is -0.382 e. The first-order valence-corrected chi connectivity index (χ1v) is 11.6. The number of nitrogen functional groups attached to an aromatic ring is 1. The molecule has 11 heteroatoms. The van der Waals surface area contributed by atoms with E-state index in [1.54, 1.807) is 10.9 Å². The van der Waals surface area contributed by atoms with Crippen LogP contribution in [0.15, 0.2) is 42.7 Å². The van der Waals surface area contributed by atoms with Crippen LogP contribution in [0, 0.1) is 0 Å². The number of aromatic amines is 1. The maximum atomic E-state index is 6.48. The van der Waals surface area contributed by atoms with Crippen LogP contribution in [0.3, 0.4) is 0 Å². The second-order valence-electron chi connectivity index (χ2n) is 8.72. The molecule has 0 aliphatic carbocycles. The third kappa shape index (κ3) is 3.58. The zero-order chi connectivity index (χ0) is 23.1. The van der Waals surface area contributed by atoms with E-state index < -0.39 is 0 Å². The lowest BCUT2D eigenvalue weighted by Gasteiger charge is -2.38. The molecular formula is C23H28N10O. The van der Waals surface area contributed by atoms with E-state index in [2.05, 4.69) is 54.0 Å². The summed E-state index contributed by atoms with van der Waals surface area (Å²) in [6, 6.07) is 10.3. The largest absolute Gasteiger partial charge is 0.382 e. The van der Waals surface area contributed by atoms with Crippen molar-refractivity contribution in [2.24, 2.45) is 0 Å². The summed E-state index contributed by atoms with van der Waals surface area (Å²) in [5.74, 6) is 3.11. The Morgan fingerprint density at radius 2 is 1.88 bits per heavy atom. The number of hydrogen-bond acceptors (Lipinski definition) is 9. The number of rotatable bonds is 4. The van der Waals surface area contributed by atoms with Crippen LogP contribution in [0.25, 0.3) is 16.9 Å². The van der Waals surface area contributed by atoms with Gasteiger partial charge in [0.1, 0.15) is 11.6 Å². The van der Waals surface area contributed by atoms with Crippen molar-refractivity contribution in [3.05, 3.63) is 42.7 Å². The molecule has 34 heavy (non-hydrogen) atoms. The Labute approximate surface area is 197 Å². The highest BCUT2D eigenvalue weighted by molar-refractivity contribution is 6.00. The number of piperazine rings is 1. The molecule has 0 radical (unpaired) electrons. The number of pyridine rings is 2. The molecule has 1 atom stereocenters. The van der Waals surface area contributed by atoms with Crippen molar-refractivity contribution in [3.8, 4) is 5.82 Å². The number of ether oxygens (including phenoxy) is 1. The van der Waals surface area contributed by atoms with Crippen LogP contribution in [0.5, 0.6) is 0 Å². The van der Waals surface area contributed by atoms with Gasteiger partial charge in [-0.1, -0.05) is 6.07 Å². The lowest BCUT2D eigenvalue weighted by atomic mass is 10.1.